The number of hydrogen-bond donors (Lipinski definition) is 1. The van der Waals surface area contributed by atoms with Gasteiger partial charge in [0.2, 0.25) is 0 Å². The number of methoxy groups -OCH3 is 1. The van der Waals surface area contributed by atoms with Crippen LogP contribution in [0.5, 0.6) is 0 Å². The summed E-state index contributed by atoms with van der Waals surface area (Å²) in [7, 11) is -2.55. The van der Waals surface area contributed by atoms with Gasteiger partial charge in [0.05, 0.1) is 23.3 Å². The van der Waals surface area contributed by atoms with E-state index in [1.165, 1.54) is 19.2 Å². The average Bonchev–Trinajstić information content (AvgIpc) is 2.50. The van der Waals surface area contributed by atoms with E-state index in [1.54, 1.807) is 13.0 Å². The molecule has 0 atom stereocenters. The van der Waals surface area contributed by atoms with Gasteiger partial charge in [-0.15, -0.1) is 0 Å². The van der Waals surface area contributed by atoms with Crippen LogP contribution in [0.1, 0.15) is 32.6 Å². The van der Waals surface area contributed by atoms with Crippen LogP contribution in [0.25, 0.3) is 0 Å². The fraction of sp³-hybridized carbons (Fsp3) is 0.278. The topological polar surface area (TPSA) is 72.5 Å². The highest BCUT2D eigenvalue weighted by Crippen LogP contribution is 2.26. The van der Waals surface area contributed by atoms with Gasteiger partial charge < -0.3 is 4.74 Å². The van der Waals surface area contributed by atoms with Crippen molar-refractivity contribution in [2.75, 3.05) is 11.8 Å². The molecule has 5 nitrogen and oxygen atoms in total. The molecule has 0 aliphatic heterocycles. The summed E-state index contributed by atoms with van der Waals surface area (Å²) in [4.78, 5) is 11.8. The van der Waals surface area contributed by atoms with Crippen LogP contribution in [-0.2, 0) is 14.8 Å². The minimum Gasteiger partial charge on any atom is -0.465 e. The maximum atomic E-state index is 12.7. The molecule has 0 aliphatic carbocycles. The van der Waals surface area contributed by atoms with Crippen molar-refractivity contribution in [3.63, 3.8) is 0 Å². The Morgan fingerprint density at radius 3 is 2.08 bits per heavy atom. The first-order valence-electron chi connectivity index (χ1n) is 7.45. The number of anilines is 1. The Hall–Kier alpha value is -2.34. The molecule has 1 N–H and O–H groups in total. The van der Waals surface area contributed by atoms with E-state index >= 15 is 0 Å². The minimum atomic E-state index is -3.81. The monoisotopic (exact) mass is 347 g/mol. The highest BCUT2D eigenvalue weighted by molar-refractivity contribution is 7.92. The fourth-order valence-electron chi connectivity index (χ4n) is 2.63. The Kier molecular flexibility index (Phi) is 4.99. The van der Waals surface area contributed by atoms with Crippen LogP contribution in [0.15, 0.2) is 35.2 Å². The second-order valence-electron chi connectivity index (χ2n) is 5.85. The molecule has 128 valence electrons. The summed E-state index contributed by atoms with van der Waals surface area (Å²) in [6, 6.07) is 8.24. The molecular weight excluding hydrogens is 326 g/mol. The molecule has 0 aromatic heterocycles. The molecule has 0 fully saturated rings. The van der Waals surface area contributed by atoms with Crippen molar-refractivity contribution >= 4 is 21.7 Å². The molecular formula is C18H21NO4S. The number of nitrogens with one attached hydrogen (secondary N) is 1. The van der Waals surface area contributed by atoms with E-state index in [1.807, 2.05) is 32.9 Å². The summed E-state index contributed by atoms with van der Waals surface area (Å²) < 4.78 is 32.7. The Bertz CT molecular complexity index is 878. The maximum absolute atomic E-state index is 12.7. The Morgan fingerprint density at radius 2 is 1.54 bits per heavy atom. The average molecular weight is 347 g/mol. The van der Waals surface area contributed by atoms with Crippen LogP contribution in [0.4, 0.5) is 5.69 Å². The third kappa shape index (κ3) is 3.59. The fourth-order valence-corrected chi connectivity index (χ4v) is 3.86. The standard InChI is InChI=1S/C18H21NO4S/c1-11-8-13(3)17(14(4)9-11)19-24(21,22)15-7-6-12(2)16(10-15)18(20)23-5/h6-10,19H,1-5H3. The SMILES string of the molecule is COC(=O)c1cc(S(=O)(=O)Nc2c(C)cc(C)cc2C)ccc1C. The summed E-state index contributed by atoms with van der Waals surface area (Å²) >= 11 is 0. The van der Waals surface area contributed by atoms with Crippen molar-refractivity contribution < 1.29 is 17.9 Å². The first-order valence-corrected chi connectivity index (χ1v) is 8.93. The summed E-state index contributed by atoms with van der Waals surface area (Å²) in [5.74, 6) is -0.563. The molecule has 0 spiro atoms. The summed E-state index contributed by atoms with van der Waals surface area (Å²) in [6.07, 6.45) is 0. The summed E-state index contributed by atoms with van der Waals surface area (Å²) in [6.45, 7) is 7.39. The lowest BCUT2D eigenvalue weighted by atomic mass is 10.1. The van der Waals surface area contributed by atoms with E-state index in [2.05, 4.69) is 4.72 Å². The van der Waals surface area contributed by atoms with Gasteiger partial charge in [0.1, 0.15) is 0 Å². The number of ether oxygens (including phenoxy) is 1. The zero-order valence-corrected chi connectivity index (χ0v) is 15.2. The van der Waals surface area contributed by atoms with Gasteiger partial charge in [-0.2, -0.15) is 0 Å². The molecule has 0 bridgehead atoms. The van der Waals surface area contributed by atoms with Crippen molar-refractivity contribution in [3.8, 4) is 0 Å². The van der Waals surface area contributed by atoms with Crippen molar-refractivity contribution in [2.45, 2.75) is 32.6 Å². The second-order valence-corrected chi connectivity index (χ2v) is 7.53. The maximum Gasteiger partial charge on any atom is 0.338 e. The Morgan fingerprint density at radius 1 is 0.958 bits per heavy atom. The van der Waals surface area contributed by atoms with E-state index in [-0.39, 0.29) is 10.5 Å². The van der Waals surface area contributed by atoms with Gasteiger partial charge in [-0.25, -0.2) is 13.2 Å². The molecule has 2 aromatic rings. The number of carbonyl (C=O) groups is 1. The quantitative estimate of drug-likeness (QED) is 0.859. The predicted molar refractivity (Wildman–Crippen MR) is 94.0 cm³/mol. The number of aryl methyl sites for hydroxylation is 4. The van der Waals surface area contributed by atoms with Crippen LogP contribution < -0.4 is 4.72 Å². The lowest BCUT2D eigenvalue weighted by Crippen LogP contribution is -2.16. The van der Waals surface area contributed by atoms with Crippen molar-refractivity contribution in [2.24, 2.45) is 0 Å². The van der Waals surface area contributed by atoms with Gasteiger partial charge in [0, 0.05) is 0 Å². The van der Waals surface area contributed by atoms with E-state index in [0.29, 0.717) is 11.3 Å². The van der Waals surface area contributed by atoms with Gasteiger partial charge in [-0.1, -0.05) is 23.8 Å². The van der Waals surface area contributed by atoms with Gasteiger partial charge in [-0.3, -0.25) is 4.72 Å². The van der Waals surface area contributed by atoms with Crippen LogP contribution in [0.3, 0.4) is 0 Å². The predicted octanol–water partition coefficient (Wildman–Crippen LogP) is 3.51. The molecule has 0 saturated carbocycles. The normalized spacial score (nSPS) is 11.2. The lowest BCUT2D eigenvalue weighted by Gasteiger charge is -2.15. The highest BCUT2D eigenvalue weighted by atomic mass is 32.2. The molecule has 0 heterocycles. The Labute approximate surface area is 142 Å². The Balaban J connectivity index is 2.47. The third-order valence-corrected chi connectivity index (χ3v) is 5.19. The van der Waals surface area contributed by atoms with E-state index < -0.39 is 16.0 Å². The van der Waals surface area contributed by atoms with Crippen molar-refractivity contribution in [1.29, 1.82) is 0 Å². The van der Waals surface area contributed by atoms with Gasteiger partial charge >= 0.3 is 5.97 Å². The molecule has 0 unspecified atom stereocenters. The van der Waals surface area contributed by atoms with E-state index in [9.17, 15) is 13.2 Å². The largest absolute Gasteiger partial charge is 0.465 e. The number of carbonyl (C=O) groups excluding carboxylic acids is 1. The number of hydrogen-bond acceptors (Lipinski definition) is 4. The molecule has 2 aromatic carbocycles. The molecule has 0 radical (unpaired) electrons. The third-order valence-electron chi connectivity index (χ3n) is 3.84. The smallest absolute Gasteiger partial charge is 0.338 e. The van der Waals surface area contributed by atoms with E-state index in [4.69, 9.17) is 4.74 Å². The van der Waals surface area contributed by atoms with Gasteiger partial charge in [0.15, 0.2) is 0 Å². The minimum absolute atomic E-state index is 0.0212. The zero-order valence-electron chi connectivity index (χ0n) is 14.4. The molecule has 0 aliphatic rings. The molecule has 2 rings (SSSR count). The molecule has 24 heavy (non-hydrogen) atoms. The second kappa shape index (κ2) is 6.65. The molecule has 0 amide bonds. The zero-order chi connectivity index (χ0) is 18.1. The summed E-state index contributed by atoms with van der Waals surface area (Å²) in [5, 5.41) is 0. The van der Waals surface area contributed by atoms with Crippen LogP contribution in [-0.4, -0.2) is 21.5 Å². The highest BCUT2D eigenvalue weighted by Gasteiger charge is 2.20. The van der Waals surface area contributed by atoms with Crippen LogP contribution >= 0.6 is 0 Å². The molecule has 0 saturated heterocycles. The van der Waals surface area contributed by atoms with Crippen molar-refractivity contribution in [1.82, 2.24) is 0 Å². The van der Waals surface area contributed by atoms with Gasteiger partial charge in [-0.05, 0) is 56.5 Å². The summed E-state index contributed by atoms with van der Waals surface area (Å²) in [5.41, 5.74) is 4.20. The first kappa shape index (κ1) is 18.0. The lowest BCUT2D eigenvalue weighted by molar-refractivity contribution is 0.0599. The van der Waals surface area contributed by atoms with Crippen LogP contribution in [0, 0.1) is 27.7 Å². The molecule has 6 heteroatoms. The number of rotatable bonds is 4. The number of benzene rings is 2. The number of sulfonamides is 1. The van der Waals surface area contributed by atoms with Crippen molar-refractivity contribution in [3.05, 3.63) is 58.1 Å². The first-order chi connectivity index (χ1) is 11.2. The van der Waals surface area contributed by atoms with E-state index in [0.717, 1.165) is 16.7 Å². The van der Waals surface area contributed by atoms with Gasteiger partial charge in [0.25, 0.3) is 10.0 Å². The van der Waals surface area contributed by atoms with Crippen LogP contribution in [0.2, 0.25) is 0 Å². The number of esters is 1.